The van der Waals surface area contributed by atoms with Gasteiger partial charge in [-0.15, -0.1) is 0 Å². The number of ether oxygens (including phenoxy) is 1. The molecule has 3 amide bonds. The maximum atomic E-state index is 13.1. The SMILES string of the molecule is CNC(=O)Nc1ccc(-c2ncc3c(n2)N2CCOCC2C(=O)N3CC(C)C)cc1. The molecule has 1 unspecified atom stereocenters. The molecule has 4 rings (SSSR count). The Morgan fingerprint density at radius 2 is 2.07 bits per heavy atom. The first kappa shape index (κ1) is 20.1. The van der Waals surface area contributed by atoms with Gasteiger partial charge in [-0.2, -0.15) is 0 Å². The van der Waals surface area contributed by atoms with Crippen LogP contribution in [0, 0.1) is 5.92 Å². The third-order valence-corrected chi connectivity index (χ3v) is 5.17. The fraction of sp³-hybridized carbons (Fsp3) is 0.429. The van der Waals surface area contributed by atoms with E-state index >= 15 is 0 Å². The molecule has 2 N–H and O–H groups in total. The molecule has 1 fully saturated rings. The minimum absolute atomic E-state index is 0.0388. The predicted octanol–water partition coefficient (Wildman–Crippen LogP) is 2.10. The van der Waals surface area contributed by atoms with Gasteiger partial charge in [0.15, 0.2) is 11.6 Å². The number of aromatic nitrogens is 2. The zero-order valence-electron chi connectivity index (χ0n) is 17.4. The van der Waals surface area contributed by atoms with Gasteiger partial charge in [-0.3, -0.25) is 4.79 Å². The van der Waals surface area contributed by atoms with E-state index in [1.54, 1.807) is 30.3 Å². The van der Waals surface area contributed by atoms with E-state index in [9.17, 15) is 9.59 Å². The van der Waals surface area contributed by atoms with Crippen molar-refractivity contribution in [2.45, 2.75) is 19.9 Å². The van der Waals surface area contributed by atoms with Gasteiger partial charge in [0.05, 0.1) is 19.4 Å². The van der Waals surface area contributed by atoms with Crippen LogP contribution < -0.4 is 20.4 Å². The predicted molar refractivity (Wildman–Crippen MR) is 115 cm³/mol. The third kappa shape index (κ3) is 3.80. The number of fused-ring (bicyclic) bond motifs is 3. The fourth-order valence-electron chi connectivity index (χ4n) is 3.72. The third-order valence-electron chi connectivity index (χ3n) is 5.17. The van der Waals surface area contributed by atoms with Crippen molar-refractivity contribution < 1.29 is 14.3 Å². The molecule has 3 heterocycles. The Kier molecular flexibility index (Phi) is 5.54. The topological polar surface area (TPSA) is 99.7 Å². The van der Waals surface area contributed by atoms with Gasteiger partial charge >= 0.3 is 6.03 Å². The van der Waals surface area contributed by atoms with Crippen LogP contribution in [0.3, 0.4) is 0 Å². The molecule has 2 aliphatic rings. The molecule has 9 heteroatoms. The number of benzene rings is 1. The van der Waals surface area contributed by atoms with E-state index in [4.69, 9.17) is 9.72 Å². The number of carbonyl (C=O) groups is 2. The fourth-order valence-corrected chi connectivity index (χ4v) is 3.72. The van der Waals surface area contributed by atoms with Gasteiger partial charge in [-0.1, -0.05) is 13.8 Å². The van der Waals surface area contributed by atoms with Crippen molar-refractivity contribution in [3.05, 3.63) is 30.5 Å². The van der Waals surface area contributed by atoms with Crippen LogP contribution in [0.5, 0.6) is 0 Å². The second kappa shape index (κ2) is 8.27. The van der Waals surface area contributed by atoms with Crippen molar-refractivity contribution in [2.24, 2.45) is 5.92 Å². The molecule has 2 aromatic rings. The van der Waals surface area contributed by atoms with Crippen LogP contribution in [-0.2, 0) is 9.53 Å². The van der Waals surface area contributed by atoms with E-state index in [0.717, 1.165) is 17.1 Å². The van der Waals surface area contributed by atoms with Crippen molar-refractivity contribution in [1.82, 2.24) is 15.3 Å². The number of hydrogen-bond acceptors (Lipinski definition) is 6. The lowest BCUT2D eigenvalue weighted by atomic mass is 10.1. The van der Waals surface area contributed by atoms with Gasteiger partial charge in [0.25, 0.3) is 5.91 Å². The second-order valence-electron chi connectivity index (χ2n) is 7.81. The van der Waals surface area contributed by atoms with Crippen molar-refractivity contribution >= 4 is 29.1 Å². The average molecular weight is 410 g/mol. The molecule has 0 radical (unpaired) electrons. The Bertz CT molecular complexity index is 946. The Hall–Kier alpha value is -3.20. The van der Waals surface area contributed by atoms with E-state index in [2.05, 4.69) is 29.5 Å². The largest absolute Gasteiger partial charge is 0.377 e. The molecule has 0 aliphatic carbocycles. The first-order chi connectivity index (χ1) is 14.5. The summed E-state index contributed by atoms with van der Waals surface area (Å²) in [5.41, 5.74) is 2.25. The smallest absolute Gasteiger partial charge is 0.318 e. The van der Waals surface area contributed by atoms with Crippen LogP contribution in [0.2, 0.25) is 0 Å². The number of carbonyl (C=O) groups excluding carboxylic acids is 2. The molecule has 0 spiro atoms. The minimum Gasteiger partial charge on any atom is -0.377 e. The highest BCUT2D eigenvalue weighted by Gasteiger charge is 2.41. The van der Waals surface area contributed by atoms with Crippen LogP contribution >= 0.6 is 0 Å². The number of morpholine rings is 1. The summed E-state index contributed by atoms with van der Waals surface area (Å²) in [4.78, 5) is 37.7. The lowest BCUT2D eigenvalue weighted by molar-refractivity contribution is -0.122. The van der Waals surface area contributed by atoms with Crippen LogP contribution in [-0.4, -0.2) is 61.3 Å². The number of rotatable bonds is 4. The molecule has 1 saturated heterocycles. The van der Waals surface area contributed by atoms with E-state index in [1.807, 2.05) is 17.0 Å². The van der Waals surface area contributed by atoms with Crippen molar-refractivity contribution in [1.29, 1.82) is 0 Å². The number of urea groups is 1. The van der Waals surface area contributed by atoms with Crippen LogP contribution in [0.15, 0.2) is 30.5 Å². The number of nitrogens with one attached hydrogen (secondary N) is 2. The summed E-state index contributed by atoms with van der Waals surface area (Å²) in [6.45, 7) is 6.32. The van der Waals surface area contributed by atoms with Gasteiger partial charge in [0.2, 0.25) is 0 Å². The maximum absolute atomic E-state index is 13.1. The standard InChI is InChI=1S/C21H26N6O3/c1-13(2)11-27-16-10-23-18(14-4-6-15(7-5-14)24-21(29)22-3)25-19(16)26-8-9-30-12-17(26)20(27)28/h4-7,10,13,17H,8-9,11-12H2,1-3H3,(H2,22,24,29). The van der Waals surface area contributed by atoms with E-state index in [0.29, 0.717) is 43.7 Å². The lowest BCUT2D eigenvalue weighted by Crippen LogP contribution is -2.59. The van der Waals surface area contributed by atoms with Crippen LogP contribution in [0.1, 0.15) is 13.8 Å². The van der Waals surface area contributed by atoms with Gasteiger partial charge in [-0.05, 0) is 30.2 Å². The molecule has 158 valence electrons. The Morgan fingerprint density at radius 3 is 2.77 bits per heavy atom. The molecule has 9 nitrogen and oxygen atoms in total. The lowest BCUT2D eigenvalue weighted by Gasteiger charge is -2.44. The molecule has 0 saturated carbocycles. The average Bonchev–Trinajstić information content (AvgIpc) is 2.76. The summed E-state index contributed by atoms with van der Waals surface area (Å²) in [6, 6.07) is 6.71. The van der Waals surface area contributed by atoms with E-state index in [1.165, 1.54) is 0 Å². The number of anilines is 3. The van der Waals surface area contributed by atoms with E-state index < -0.39 is 0 Å². The van der Waals surface area contributed by atoms with Gasteiger partial charge in [0, 0.05) is 31.4 Å². The highest BCUT2D eigenvalue weighted by molar-refractivity contribution is 6.05. The van der Waals surface area contributed by atoms with Crippen molar-refractivity contribution in [2.75, 3.05) is 48.5 Å². The molecule has 1 aromatic carbocycles. The molecular weight excluding hydrogens is 384 g/mol. The summed E-state index contributed by atoms with van der Waals surface area (Å²) in [6.07, 6.45) is 1.74. The molecule has 30 heavy (non-hydrogen) atoms. The Balaban J connectivity index is 1.69. The van der Waals surface area contributed by atoms with Crippen molar-refractivity contribution in [3.63, 3.8) is 0 Å². The van der Waals surface area contributed by atoms with E-state index in [-0.39, 0.29) is 18.0 Å². The van der Waals surface area contributed by atoms with Crippen molar-refractivity contribution in [3.8, 4) is 11.4 Å². The highest BCUT2D eigenvalue weighted by Crippen LogP contribution is 2.37. The Morgan fingerprint density at radius 1 is 1.30 bits per heavy atom. The normalized spacial score (nSPS) is 18.1. The maximum Gasteiger partial charge on any atom is 0.318 e. The summed E-state index contributed by atoms with van der Waals surface area (Å²) in [7, 11) is 1.57. The van der Waals surface area contributed by atoms with Gasteiger partial charge < -0.3 is 25.2 Å². The molecule has 0 bridgehead atoms. The first-order valence-corrected chi connectivity index (χ1v) is 10.1. The zero-order valence-corrected chi connectivity index (χ0v) is 17.4. The Labute approximate surface area is 175 Å². The monoisotopic (exact) mass is 410 g/mol. The molecular formula is C21H26N6O3. The minimum atomic E-state index is -0.355. The van der Waals surface area contributed by atoms with Crippen LogP contribution in [0.4, 0.5) is 22.0 Å². The first-order valence-electron chi connectivity index (χ1n) is 10.1. The van der Waals surface area contributed by atoms with Crippen LogP contribution in [0.25, 0.3) is 11.4 Å². The van der Waals surface area contributed by atoms with Gasteiger partial charge in [-0.25, -0.2) is 14.8 Å². The summed E-state index contributed by atoms with van der Waals surface area (Å²) < 4.78 is 5.57. The highest BCUT2D eigenvalue weighted by atomic mass is 16.5. The summed E-state index contributed by atoms with van der Waals surface area (Å²) in [5, 5.41) is 5.25. The van der Waals surface area contributed by atoms with Gasteiger partial charge in [0.1, 0.15) is 11.7 Å². The number of hydrogen-bond donors (Lipinski definition) is 2. The molecule has 1 atom stereocenters. The quantitative estimate of drug-likeness (QED) is 0.801. The zero-order chi connectivity index (χ0) is 21.3. The summed E-state index contributed by atoms with van der Waals surface area (Å²) in [5.74, 6) is 1.69. The molecule has 2 aliphatic heterocycles. The number of nitrogens with zero attached hydrogens (tertiary/aromatic N) is 4. The number of amides is 3. The molecule has 1 aromatic heterocycles. The second-order valence-corrected chi connectivity index (χ2v) is 7.81. The summed E-state index contributed by atoms with van der Waals surface area (Å²) >= 11 is 0.